The number of hydrogen-bond acceptors (Lipinski definition) is 2. The van der Waals surface area contributed by atoms with Crippen molar-refractivity contribution in [2.45, 2.75) is 6.54 Å². The molecule has 68 valence electrons. The predicted molar refractivity (Wildman–Crippen MR) is 52.3 cm³/mol. The van der Waals surface area contributed by atoms with Crippen LogP contribution in [0.25, 0.3) is 0 Å². The van der Waals surface area contributed by atoms with Gasteiger partial charge in [0.25, 0.3) is 0 Å². The van der Waals surface area contributed by atoms with Gasteiger partial charge in [0, 0.05) is 18.5 Å². The molecule has 0 aromatic carbocycles. The number of carbonyl (C=O) groups is 1. The second-order valence-corrected chi connectivity index (χ2v) is 3.00. The number of allylic oxidation sites excluding steroid dienone is 6. The molecule has 0 bridgehead atoms. The van der Waals surface area contributed by atoms with Gasteiger partial charge in [-0.15, -0.1) is 0 Å². The quantitative estimate of drug-likeness (QED) is 0.525. The maximum absolute atomic E-state index is 10.4. The van der Waals surface area contributed by atoms with Crippen LogP contribution in [0.3, 0.4) is 0 Å². The molecule has 3 nitrogen and oxygen atoms in total. The average Bonchev–Trinajstić information content (AvgIpc) is 2.72. The fourth-order valence-electron chi connectivity index (χ4n) is 1.22. The Labute approximate surface area is 82.1 Å². The smallest absolute Gasteiger partial charge is 0.206 e. The van der Waals surface area contributed by atoms with E-state index in [1.54, 1.807) is 24.7 Å². The number of imidazole rings is 1. The molecule has 1 aromatic rings. The van der Waals surface area contributed by atoms with Crippen LogP contribution in [0, 0.1) is 6.08 Å². The lowest BCUT2D eigenvalue weighted by atomic mass is 10.1. The van der Waals surface area contributed by atoms with Crippen molar-refractivity contribution in [2.75, 3.05) is 0 Å². The second kappa shape index (κ2) is 3.81. The van der Waals surface area contributed by atoms with Crippen molar-refractivity contribution in [1.82, 2.24) is 9.55 Å². The first-order chi connectivity index (χ1) is 6.88. The zero-order valence-electron chi connectivity index (χ0n) is 7.55. The van der Waals surface area contributed by atoms with Gasteiger partial charge in [-0.3, -0.25) is 4.79 Å². The van der Waals surface area contributed by atoms with E-state index in [1.807, 2.05) is 16.8 Å². The molecule has 1 heterocycles. The van der Waals surface area contributed by atoms with Gasteiger partial charge in [0.1, 0.15) is 17.2 Å². The van der Waals surface area contributed by atoms with Crippen LogP contribution >= 0.6 is 0 Å². The van der Waals surface area contributed by atoms with Crippen molar-refractivity contribution < 1.29 is 4.79 Å². The van der Waals surface area contributed by atoms with E-state index in [4.69, 9.17) is 0 Å². The Morgan fingerprint density at radius 2 is 2.43 bits per heavy atom. The number of aromatic nitrogens is 2. The summed E-state index contributed by atoms with van der Waals surface area (Å²) in [7, 11) is 0. The molecule has 1 aliphatic rings. The lowest BCUT2D eigenvalue weighted by Gasteiger charge is -1.98. The molecular formula is C11H9N2O+. The molecule has 0 saturated heterocycles. The van der Waals surface area contributed by atoms with E-state index in [2.05, 4.69) is 11.1 Å². The Bertz CT molecular complexity index is 411. The van der Waals surface area contributed by atoms with Crippen LogP contribution in [0.1, 0.15) is 0 Å². The first kappa shape index (κ1) is 8.60. The standard InChI is InChI=1S/C11H9N2O/c14-8-11-3-1-10(2-4-11)7-13-6-5-12-9-13/h1,3-6,8-9H,7H2/q+1. The third-order valence-electron chi connectivity index (χ3n) is 1.95. The molecule has 2 rings (SSSR count). The van der Waals surface area contributed by atoms with Crippen LogP contribution in [0.4, 0.5) is 0 Å². The van der Waals surface area contributed by atoms with Crippen molar-refractivity contribution in [3.8, 4) is 0 Å². The summed E-state index contributed by atoms with van der Waals surface area (Å²) in [5.41, 5.74) is 1.69. The van der Waals surface area contributed by atoms with Crippen LogP contribution < -0.4 is 0 Å². The van der Waals surface area contributed by atoms with Gasteiger partial charge >= 0.3 is 0 Å². The third kappa shape index (κ3) is 1.84. The van der Waals surface area contributed by atoms with E-state index in [1.165, 1.54) is 0 Å². The summed E-state index contributed by atoms with van der Waals surface area (Å²) in [6.45, 7) is 0.735. The van der Waals surface area contributed by atoms with E-state index in [0.717, 1.165) is 18.4 Å². The van der Waals surface area contributed by atoms with Crippen molar-refractivity contribution >= 4 is 6.29 Å². The van der Waals surface area contributed by atoms with Crippen LogP contribution in [-0.4, -0.2) is 15.8 Å². The van der Waals surface area contributed by atoms with E-state index in [9.17, 15) is 4.79 Å². The molecule has 0 unspecified atom stereocenters. The van der Waals surface area contributed by atoms with Gasteiger partial charge in [0.2, 0.25) is 6.29 Å². The Balaban J connectivity index is 2.09. The molecule has 0 N–H and O–H groups in total. The third-order valence-corrected chi connectivity index (χ3v) is 1.95. The second-order valence-electron chi connectivity index (χ2n) is 3.00. The molecule has 0 spiro atoms. The van der Waals surface area contributed by atoms with Crippen LogP contribution in [0.5, 0.6) is 0 Å². The Morgan fingerprint density at radius 1 is 1.50 bits per heavy atom. The number of rotatable bonds is 3. The highest BCUT2D eigenvalue weighted by atomic mass is 16.1. The summed E-state index contributed by atoms with van der Waals surface area (Å²) in [6, 6.07) is 0. The summed E-state index contributed by atoms with van der Waals surface area (Å²) in [4.78, 5) is 14.3. The van der Waals surface area contributed by atoms with E-state index in [0.29, 0.717) is 5.57 Å². The average molecular weight is 185 g/mol. The Hall–Kier alpha value is -1.99. The van der Waals surface area contributed by atoms with Gasteiger partial charge in [-0.25, -0.2) is 4.98 Å². The van der Waals surface area contributed by atoms with Gasteiger partial charge < -0.3 is 4.57 Å². The zero-order chi connectivity index (χ0) is 9.80. The summed E-state index contributed by atoms with van der Waals surface area (Å²) in [5.74, 6) is 0. The molecule has 0 aliphatic heterocycles. The molecule has 0 atom stereocenters. The number of carbonyl (C=O) groups excluding carboxylic acids is 1. The van der Waals surface area contributed by atoms with Crippen molar-refractivity contribution in [1.29, 1.82) is 0 Å². The maximum Gasteiger partial charge on any atom is 0.206 e. The number of nitrogens with zero attached hydrogens (tertiary/aromatic N) is 2. The maximum atomic E-state index is 10.4. The van der Waals surface area contributed by atoms with Gasteiger partial charge in [0.15, 0.2) is 0 Å². The zero-order valence-corrected chi connectivity index (χ0v) is 7.55. The Kier molecular flexibility index (Phi) is 2.34. The van der Waals surface area contributed by atoms with Crippen molar-refractivity contribution in [3.05, 3.63) is 54.2 Å². The van der Waals surface area contributed by atoms with Crippen LogP contribution in [-0.2, 0) is 11.3 Å². The molecule has 0 fully saturated rings. The van der Waals surface area contributed by atoms with Gasteiger partial charge in [-0.2, -0.15) is 0 Å². The summed E-state index contributed by atoms with van der Waals surface area (Å²) in [6.07, 6.45) is 14.6. The molecule has 0 saturated carbocycles. The molecule has 0 radical (unpaired) electrons. The number of hydrogen-bond donors (Lipinski definition) is 0. The molecule has 0 amide bonds. The SMILES string of the molecule is O=CC1=C[C+]=C(Cn2ccnc2)C=C1. The Morgan fingerprint density at radius 3 is 3.00 bits per heavy atom. The fraction of sp³-hybridized carbons (Fsp3) is 0.0909. The molecule has 1 aliphatic carbocycles. The van der Waals surface area contributed by atoms with Gasteiger partial charge in [0.05, 0.1) is 25.0 Å². The lowest BCUT2D eigenvalue weighted by Crippen LogP contribution is -1.98. The highest BCUT2D eigenvalue weighted by Crippen LogP contribution is 2.09. The van der Waals surface area contributed by atoms with Crippen molar-refractivity contribution in [2.24, 2.45) is 0 Å². The summed E-state index contributed by atoms with van der Waals surface area (Å²) >= 11 is 0. The highest BCUT2D eigenvalue weighted by Gasteiger charge is 2.08. The fourth-order valence-corrected chi connectivity index (χ4v) is 1.22. The topological polar surface area (TPSA) is 34.9 Å². The molecule has 1 aromatic heterocycles. The monoisotopic (exact) mass is 185 g/mol. The van der Waals surface area contributed by atoms with Crippen LogP contribution in [0.15, 0.2) is 48.1 Å². The largest absolute Gasteiger partial charge is 0.330 e. The molecular weight excluding hydrogens is 176 g/mol. The first-order valence-corrected chi connectivity index (χ1v) is 4.30. The minimum atomic E-state index is 0.652. The minimum absolute atomic E-state index is 0.652. The lowest BCUT2D eigenvalue weighted by molar-refractivity contribution is -0.104. The minimum Gasteiger partial charge on any atom is -0.330 e. The normalized spacial score (nSPS) is 14.3. The molecule has 14 heavy (non-hydrogen) atoms. The summed E-state index contributed by atoms with van der Waals surface area (Å²) in [5, 5.41) is 0. The highest BCUT2D eigenvalue weighted by molar-refractivity contribution is 5.78. The van der Waals surface area contributed by atoms with E-state index < -0.39 is 0 Å². The van der Waals surface area contributed by atoms with E-state index in [-0.39, 0.29) is 0 Å². The van der Waals surface area contributed by atoms with Crippen molar-refractivity contribution in [3.63, 3.8) is 0 Å². The van der Waals surface area contributed by atoms with Crippen LogP contribution in [0.2, 0.25) is 0 Å². The number of aldehydes is 1. The van der Waals surface area contributed by atoms with Gasteiger partial charge in [-0.1, -0.05) is 0 Å². The summed E-state index contributed by atoms with van der Waals surface area (Å²) < 4.78 is 1.95. The van der Waals surface area contributed by atoms with E-state index >= 15 is 0 Å². The van der Waals surface area contributed by atoms with Gasteiger partial charge in [-0.05, 0) is 0 Å². The predicted octanol–water partition coefficient (Wildman–Crippen LogP) is 1.31. The first-order valence-electron chi connectivity index (χ1n) is 4.30. The molecule has 3 heteroatoms.